The highest BCUT2D eigenvalue weighted by Gasteiger charge is 2.25. The lowest BCUT2D eigenvalue weighted by Gasteiger charge is -2.24. The van der Waals surface area contributed by atoms with Crippen LogP contribution in [0.4, 0.5) is 5.82 Å². The van der Waals surface area contributed by atoms with Gasteiger partial charge in [0.05, 0.1) is 5.52 Å². The van der Waals surface area contributed by atoms with E-state index in [0.29, 0.717) is 5.88 Å². The minimum absolute atomic E-state index is 0.541. The summed E-state index contributed by atoms with van der Waals surface area (Å²) in [6.07, 6.45) is 3.89. The molecule has 0 N–H and O–H groups in total. The summed E-state index contributed by atoms with van der Waals surface area (Å²) in [5.41, 5.74) is 2.24. The quantitative estimate of drug-likeness (QED) is 0.722. The molecule has 1 aliphatic rings. The van der Waals surface area contributed by atoms with E-state index in [0.717, 1.165) is 36.8 Å². The summed E-state index contributed by atoms with van der Waals surface area (Å²) < 4.78 is 0. The highest BCUT2D eigenvalue weighted by Crippen LogP contribution is 2.32. The Morgan fingerprint density at radius 2 is 2.10 bits per heavy atom. The van der Waals surface area contributed by atoms with Gasteiger partial charge in [-0.25, -0.2) is 4.98 Å². The molecule has 0 spiro atoms. The first kappa shape index (κ1) is 13.7. The maximum Gasteiger partial charge on any atom is 0.129 e. The molecule has 3 heteroatoms. The molecular weight excluding hydrogens is 268 g/mol. The Morgan fingerprint density at radius 1 is 1.30 bits per heavy atom. The molecule has 1 aromatic carbocycles. The van der Waals surface area contributed by atoms with Crippen molar-refractivity contribution in [3.05, 3.63) is 35.9 Å². The fourth-order valence-corrected chi connectivity index (χ4v) is 2.91. The SMILES string of the molecule is CCCN(CC1CC1)c1cc(CCl)c2ccccc2n1. The van der Waals surface area contributed by atoms with Gasteiger partial charge in [-0.3, -0.25) is 0 Å². The van der Waals surface area contributed by atoms with E-state index in [1.807, 2.05) is 12.1 Å². The van der Waals surface area contributed by atoms with Crippen LogP contribution in [0.3, 0.4) is 0 Å². The molecule has 106 valence electrons. The molecule has 1 heterocycles. The summed E-state index contributed by atoms with van der Waals surface area (Å²) >= 11 is 6.13. The number of rotatable bonds is 6. The monoisotopic (exact) mass is 288 g/mol. The van der Waals surface area contributed by atoms with Crippen LogP contribution in [0.15, 0.2) is 30.3 Å². The average Bonchev–Trinajstić information content (AvgIpc) is 3.29. The number of aromatic nitrogens is 1. The van der Waals surface area contributed by atoms with Crippen LogP contribution in [0, 0.1) is 5.92 Å². The molecule has 20 heavy (non-hydrogen) atoms. The van der Waals surface area contributed by atoms with Crippen molar-refractivity contribution < 1.29 is 0 Å². The van der Waals surface area contributed by atoms with Gasteiger partial charge in [0.1, 0.15) is 5.82 Å². The molecule has 0 aliphatic heterocycles. The van der Waals surface area contributed by atoms with Crippen LogP contribution in [-0.4, -0.2) is 18.1 Å². The molecule has 1 aromatic heterocycles. The second kappa shape index (κ2) is 6.01. The molecule has 1 fully saturated rings. The Hall–Kier alpha value is -1.28. The van der Waals surface area contributed by atoms with Crippen LogP contribution in [0.2, 0.25) is 0 Å². The Balaban J connectivity index is 1.99. The van der Waals surface area contributed by atoms with Crippen molar-refractivity contribution >= 4 is 28.3 Å². The highest BCUT2D eigenvalue weighted by atomic mass is 35.5. The van der Waals surface area contributed by atoms with Crippen LogP contribution in [0.1, 0.15) is 31.7 Å². The number of hydrogen-bond acceptors (Lipinski definition) is 2. The van der Waals surface area contributed by atoms with Gasteiger partial charge in [-0.1, -0.05) is 25.1 Å². The lowest BCUT2D eigenvalue weighted by Crippen LogP contribution is -2.27. The smallest absolute Gasteiger partial charge is 0.129 e. The third-order valence-electron chi connectivity index (χ3n) is 3.93. The lowest BCUT2D eigenvalue weighted by molar-refractivity contribution is 0.700. The normalized spacial score (nSPS) is 14.7. The second-order valence-electron chi connectivity index (χ2n) is 5.68. The van der Waals surface area contributed by atoms with Gasteiger partial charge in [-0.15, -0.1) is 11.6 Å². The lowest BCUT2D eigenvalue weighted by atomic mass is 10.1. The predicted octanol–water partition coefficient (Wildman–Crippen LogP) is 4.60. The van der Waals surface area contributed by atoms with Crippen molar-refractivity contribution in [3.63, 3.8) is 0 Å². The van der Waals surface area contributed by atoms with Crippen LogP contribution < -0.4 is 4.90 Å². The van der Waals surface area contributed by atoms with Crippen molar-refractivity contribution in [2.45, 2.75) is 32.1 Å². The molecule has 0 amide bonds. The van der Waals surface area contributed by atoms with Crippen molar-refractivity contribution in [2.24, 2.45) is 5.92 Å². The second-order valence-corrected chi connectivity index (χ2v) is 5.95. The number of benzene rings is 1. The topological polar surface area (TPSA) is 16.1 Å². The van der Waals surface area contributed by atoms with E-state index < -0.39 is 0 Å². The minimum Gasteiger partial charge on any atom is -0.356 e. The van der Waals surface area contributed by atoms with Crippen molar-refractivity contribution in [2.75, 3.05) is 18.0 Å². The van der Waals surface area contributed by atoms with E-state index in [1.165, 1.54) is 23.8 Å². The molecule has 0 atom stereocenters. The first-order valence-corrected chi connectivity index (χ1v) is 8.05. The maximum absolute atomic E-state index is 6.13. The van der Waals surface area contributed by atoms with Gasteiger partial charge in [-0.05, 0) is 42.9 Å². The van der Waals surface area contributed by atoms with Gasteiger partial charge in [0.15, 0.2) is 0 Å². The fraction of sp³-hybridized carbons (Fsp3) is 0.471. The number of halogens is 1. The highest BCUT2D eigenvalue weighted by molar-refractivity contribution is 6.18. The molecular formula is C17H21ClN2. The Bertz CT molecular complexity index is 593. The molecule has 1 saturated carbocycles. The Morgan fingerprint density at radius 3 is 2.80 bits per heavy atom. The van der Waals surface area contributed by atoms with Crippen LogP contribution in [0.5, 0.6) is 0 Å². The number of anilines is 1. The summed E-state index contributed by atoms with van der Waals surface area (Å²) in [4.78, 5) is 7.28. The number of fused-ring (bicyclic) bond motifs is 1. The zero-order chi connectivity index (χ0) is 13.9. The van der Waals surface area contributed by atoms with E-state index >= 15 is 0 Å². The van der Waals surface area contributed by atoms with Crippen molar-refractivity contribution in [1.29, 1.82) is 0 Å². The van der Waals surface area contributed by atoms with Crippen molar-refractivity contribution in [1.82, 2.24) is 4.98 Å². The molecule has 0 radical (unpaired) electrons. The fourth-order valence-electron chi connectivity index (χ4n) is 2.69. The standard InChI is InChI=1S/C17H21ClN2/c1-2-9-20(12-13-7-8-13)17-10-14(11-18)15-5-3-4-6-16(15)19-17/h3-6,10,13H,2,7-9,11-12H2,1H3. The molecule has 2 aromatic rings. The van der Waals surface area contributed by atoms with E-state index in [-0.39, 0.29) is 0 Å². The molecule has 1 aliphatic carbocycles. The summed E-state index contributed by atoms with van der Waals surface area (Å²) in [7, 11) is 0. The first-order chi connectivity index (χ1) is 9.81. The summed E-state index contributed by atoms with van der Waals surface area (Å²) in [5, 5.41) is 1.18. The Kier molecular flexibility index (Phi) is 4.11. The minimum atomic E-state index is 0.541. The predicted molar refractivity (Wildman–Crippen MR) is 86.5 cm³/mol. The van der Waals surface area contributed by atoms with E-state index in [1.54, 1.807) is 0 Å². The number of hydrogen-bond donors (Lipinski definition) is 0. The summed E-state index contributed by atoms with van der Waals surface area (Å²) in [6, 6.07) is 10.5. The van der Waals surface area contributed by atoms with E-state index in [4.69, 9.17) is 16.6 Å². The van der Waals surface area contributed by atoms with Gasteiger partial charge in [0.2, 0.25) is 0 Å². The summed E-state index contributed by atoms with van der Waals surface area (Å²) in [5.74, 6) is 2.50. The maximum atomic E-state index is 6.13. The largest absolute Gasteiger partial charge is 0.356 e. The molecule has 3 rings (SSSR count). The number of alkyl halides is 1. The number of pyridine rings is 1. The van der Waals surface area contributed by atoms with E-state index in [9.17, 15) is 0 Å². The van der Waals surface area contributed by atoms with Gasteiger partial charge in [0, 0.05) is 24.4 Å². The average molecular weight is 289 g/mol. The molecule has 0 bridgehead atoms. The molecule has 0 saturated heterocycles. The van der Waals surface area contributed by atoms with Gasteiger partial charge in [-0.2, -0.15) is 0 Å². The third kappa shape index (κ3) is 2.90. The molecule has 2 nitrogen and oxygen atoms in total. The van der Waals surface area contributed by atoms with Crippen LogP contribution >= 0.6 is 11.6 Å². The third-order valence-corrected chi connectivity index (χ3v) is 4.21. The first-order valence-electron chi connectivity index (χ1n) is 7.51. The Labute approximate surface area is 125 Å². The van der Waals surface area contributed by atoms with E-state index in [2.05, 4.69) is 30.0 Å². The van der Waals surface area contributed by atoms with Crippen LogP contribution in [0.25, 0.3) is 10.9 Å². The van der Waals surface area contributed by atoms with Gasteiger partial charge >= 0.3 is 0 Å². The van der Waals surface area contributed by atoms with Crippen LogP contribution in [-0.2, 0) is 5.88 Å². The zero-order valence-corrected chi connectivity index (χ0v) is 12.7. The molecule has 0 unspecified atom stereocenters. The van der Waals surface area contributed by atoms with Gasteiger partial charge in [0.25, 0.3) is 0 Å². The number of nitrogens with zero attached hydrogens (tertiary/aromatic N) is 2. The zero-order valence-electron chi connectivity index (χ0n) is 12.0. The van der Waals surface area contributed by atoms with Crippen molar-refractivity contribution in [3.8, 4) is 0 Å². The number of para-hydroxylation sites is 1. The van der Waals surface area contributed by atoms with Gasteiger partial charge < -0.3 is 4.90 Å². The summed E-state index contributed by atoms with van der Waals surface area (Å²) in [6.45, 7) is 4.44.